The van der Waals surface area contributed by atoms with Crippen LogP contribution >= 0.6 is 0 Å². The van der Waals surface area contributed by atoms with Gasteiger partial charge in [-0.3, -0.25) is 0 Å². The molecule has 2 aromatic carbocycles. The fourth-order valence-electron chi connectivity index (χ4n) is 4.13. The molecule has 0 aliphatic carbocycles. The van der Waals surface area contributed by atoms with Crippen molar-refractivity contribution in [3.8, 4) is 11.5 Å². The normalized spacial score (nSPS) is 25.1. The van der Waals surface area contributed by atoms with E-state index in [0.717, 1.165) is 16.7 Å². The lowest BCUT2D eigenvalue weighted by atomic mass is 10.1. The maximum Gasteiger partial charge on any atom is 0.343 e. The fraction of sp³-hybridized carbons (Fsp3) is 0.444. The van der Waals surface area contributed by atoms with Crippen LogP contribution in [-0.2, 0) is 30.3 Å². The molecular weight excluding hydrogens is 452 g/mol. The lowest BCUT2D eigenvalue weighted by Crippen LogP contribution is -2.43. The summed E-state index contributed by atoms with van der Waals surface area (Å²) in [7, 11) is 1.59. The highest BCUT2D eigenvalue weighted by atomic mass is 16.8. The molecule has 2 saturated heterocycles. The molecule has 0 spiro atoms. The van der Waals surface area contributed by atoms with E-state index in [9.17, 15) is 9.90 Å². The summed E-state index contributed by atoms with van der Waals surface area (Å²) in [5.74, 6) is -1.17. The number of hydrogen-bond acceptors (Lipinski definition) is 8. The smallest absolute Gasteiger partial charge is 0.343 e. The Balaban J connectivity index is 1.41. The van der Waals surface area contributed by atoms with Crippen molar-refractivity contribution >= 4 is 18.1 Å². The molecule has 0 radical (unpaired) electrons. The van der Waals surface area contributed by atoms with Gasteiger partial charge in [-0.05, 0) is 74.7 Å². The lowest BCUT2D eigenvalue weighted by Gasteiger charge is -2.23. The molecule has 8 nitrogen and oxygen atoms in total. The van der Waals surface area contributed by atoms with Crippen molar-refractivity contribution in [2.45, 2.75) is 64.2 Å². The predicted octanol–water partition coefficient (Wildman–Crippen LogP) is 3.93. The van der Waals surface area contributed by atoms with Gasteiger partial charge in [0.05, 0.1) is 20.3 Å². The van der Waals surface area contributed by atoms with Gasteiger partial charge in [-0.2, -0.15) is 0 Å². The molecule has 2 fully saturated rings. The Labute approximate surface area is 205 Å². The number of ether oxygens (including phenoxy) is 6. The Morgan fingerprint density at radius 3 is 2.31 bits per heavy atom. The van der Waals surface area contributed by atoms with Gasteiger partial charge in [-0.15, -0.1) is 0 Å². The molecule has 0 aromatic heterocycles. The number of carbonyl (C=O) groups excluding carboxylic acids is 1. The van der Waals surface area contributed by atoms with E-state index in [2.05, 4.69) is 0 Å². The van der Waals surface area contributed by atoms with Gasteiger partial charge in [0.25, 0.3) is 0 Å². The van der Waals surface area contributed by atoms with Crippen LogP contribution in [0.1, 0.15) is 44.4 Å². The summed E-state index contributed by atoms with van der Waals surface area (Å²) in [6, 6.07) is 12.7. The molecule has 8 heteroatoms. The van der Waals surface area contributed by atoms with E-state index in [1.807, 2.05) is 50.3 Å². The quantitative estimate of drug-likeness (QED) is 0.359. The van der Waals surface area contributed by atoms with Gasteiger partial charge < -0.3 is 33.5 Å². The Morgan fingerprint density at radius 2 is 1.69 bits per heavy atom. The summed E-state index contributed by atoms with van der Waals surface area (Å²) in [6.45, 7) is 7.37. The number of benzene rings is 2. The lowest BCUT2D eigenvalue weighted by molar-refractivity contribution is -0.175. The summed E-state index contributed by atoms with van der Waals surface area (Å²) in [5.41, 5.74) is 2.58. The standard InChI is InChI=1S/C27H32O8/c1-26(2)31-16-22(33-26)23-24(35-27(3,4)34-23)25(29)32-20-10-8-17(9-11-20)6-7-18-12-19(15-28)14-21(13-18)30-5/h6-14,22-24,28H,15-16H2,1-5H3/b7-6+. The van der Waals surface area contributed by atoms with Gasteiger partial charge in [0.15, 0.2) is 17.7 Å². The second kappa shape index (κ2) is 10.1. The SMILES string of the molecule is COc1cc(/C=C/c2ccc(OC(=O)C3OC(C)(C)OC3C3COC(C)(C)O3)cc2)cc(CO)c1. The van der Waals surface area contributed by atoms with E-state index < -0.39 is 35.9 Å². The summed E-state index contributed by atoms with van der Waals surface area (Å²) < 4.78 is 34.2. The first-order valence-corrected chi connectivity index (χ1v) is 11.5. The summed E-state index contributed by atoms with van der Waals surface area (Å²) in [5, 5.41) is 9.43. The highest BCUT2D eigenvalue weighted by Crippen LogP contribution is 2.36. The highest BCUT2D eigenvalue weighted by molar-refractivity contribution is 5.78. The minimum atomic E-state index is -0.949. The molecule has 2 aliphatic rings. The number of aliphatic hydroxyl groups excluding tert-OH is 1. The van der Waals surface area contributed by atoms with Gasteiger partial charge in [0.1, 0.15) is 23.7 Å². The van der Waals surface area contributed by atoms with Crippen molar-refractivity contribution in [2.75, 3.05) is 13.7 Å². The van der Waals surface area contributed by atoms with Crippen LogP contribution in [0.25, 0.3) is 12.2 Å². The van der Waals surface area contributed by atoms with E-state index in [4.69, 9.17) is 28.4 Å². The number of esters is 1. The first-order chi connectivity index (χ1) is 16.6. The molecule has 2 aliphatic heterocycles. The molecule has 0 amide bonds. The van der Waals surface area contributed by atoms with Crippen molar-refractivity contribution in [1.29, 1.82) is 0 Å². The van der Waals surface area contributed by atoms with Crippen LogP contribution in [0.2, 0.25) is 0 Å². The third-order valence-corrected chi connectivity index (χ3v) is 5.73. The maximum atomic E-state index is 13.0. The van der Waals surface area contributed by atoms with Gasteiger partial charge in [-0.25, -0.2) is 4.79 Å². The number of carbonyl (C=O) groups is 1. The van der Waals surface area contributed by atoms with Crippen molar-refractivity contribution in [3.05, 3.63) is 59.2 Å². The second-order valence-corrected chi connectivity index (χ2v) is 9.48. The van der Waals surface area contributed by atoms with Crippen molar-refractivity contribution in [2.24, 2.45) is 0 Å². The average molecular weight is 485 g/mol. The van der Waals surface area contributed by atoms with Crippen LogP contribution in [0.5, 0.6) is 11.5 Å². The highest BCUT2D eigenvalue weighted by Gasteiger charge is 2.53. The molecular formula is C27H32O8. The summed E-state index contributed by atoms with van der Waals surface area (Å²) in [4.78, 5) is 13.0. The summed E-state index contributed by atoms with van der Waals surface area (Å²) >= 11 is 0. The molecule has 35 heavy (non-hydrogen) atoms. The van der Waals surface area contributed by atoms with Crippen molar-refractivity contribution < 1.29 is 38.3 Å². The molecule has 3 atom stereocenters. The van der Waals surface area contributed by atoms with E-state index in [1.165, 1.54) is 0 Å². The molecule has 4 rings (SSSR count). The number of rotatable bonds is 7. The first-order valence-electron chi connectivity index (χ1n) is 11.5. The van der Waals surface area contributed by atoms with Crippen LogP contribution in [0.15, 0.2) is 42.5 Å². The molecule has 188 valence electrons. The van der Waals surface area contributed by atoms with Crippen molar-refractivity contribution in [3.63, 3.8) is 0 Å². The second-order valence-electron chi connectivity index (χ2n) is 9.48. The van der Waals surface area contributed by atoms with Gasteiger partial charge in [-0.1, -0.05) is 24.3 Å². The van der Waals surface area contributed by atoms with E-state index in [-0.39, 0.29) is 6.61 Å². The topological polar surface area (TPSA) is 92.7 Å². The van der Waals surface area contributed by atoms with Crippen LogP contribution in [0.3, 0.4) is 0 Å². The maximum absolute atomic E-state index is 13.0. The van der Waals surface area contributed by atoms with Gasteiger partial charge >= 0.3 is 5.97 Å². The van der Waals surface area contributed by atoms with E-state index in [0.29, 0.717) is 18.1 Å². The van der Waals surface area contributed by atoms with Crippen LogP contribution in [-0.4, -0.2) is 54.7 Å². The van der Waals surface area contributed by atoms with Gasteiger partial charge in [0.2, 0.25) is 0 Å². The molecule has 3 unspecified atom stereocenters. The third kappa shape index (κ3) is 6.28. The fourth-order valence-corrected chi connectivity index (χ4v) is 4.13. The third-order valence-electron chi connectivity index (χ3n) is 5.73. The zero-order valence-electron chi connectivity index (χ0n) is 20.6. The molecule has 2 heterocycles. The Morgan fingerprint density at radius 1 is 0.971 bits per heavy atom. The Bertz CT molecular complexity index is 1050. The summed E-state index contributed by atoms with van der Waals surface area (Å²) in [6.07, 6.45) is 1.81. The zero-order chi connectivity index (χ0) is 25.2. The minimum Gasteiger partial charge on any atom is -0.497 e. The van der Waals surface area contributed by atoms with E-state index >= 15 is 0 Å². The number of methoxy groups -OCH3 is 1. The monoisotopic (exact) mass is 484 g/mol. The zero-order valence-corrected chi connectivity index (χ0v) is 20.6. The first kappa shape index (κ1) is 25.3. The van der Waals surface area contributed by atoms with Crippen molar-refractivity contribution in [1.82, 2.24) is 0 Å². The van der Waals surface area contributed by atoms with E-state index in [1.54, 1.807) is 39.2 Å². The van der Waals surface area contributed by atoms with Gasteiger partial charge in [0, 0.05) is 0 Å². The largest absolute Gasteiger partial charge is 0.497 e. The number of aliphatic hydroxyl groups is 1. The molecule has 0 saturated carbocycles. The average Bonchev–Trinajstić information content (AvgIpc) is 3.36. The van der Waals surface area contributed by atoms with Crippen LogP contribution in [0, 0.1) is 0 Å². The molecule has 0 bridgehead atoms. The molecule has 1 N–H and O–H groups in total. The van der Waals surface area contributed by atoms with Crippen LogP contribution in [0.4, 0.5) is 0 Å². The number of hydrogen-bond donors (Lipinski definition) is 1. The Hall–Kier alpha value is -2.75. The van der Waals surface area contributed by atoms with Crippen LogP contribution < -0.4 is 9.47 Å². The minimum absolute atomic E-state index is 0.0659. The Kier molecular flexibility index (Phi) is 7.30. The molecule has 2 aromatic rings. The predicted molar refractivity (Wildman–Crippen MR) is 129 cm³/mol.